The van der Waals surface area contributed by atoms with E-state index in [1.807, 2.05) is 0 Å². The van der Waals surface area contributed by atoms with E-state index in [1.54, 1.807) is 19.3 Å². The minimum Gasteiger partial charge on any atom is -0.462 e. The smallest absolute Gasteiger partial charge is 0.340 e. The van der Waals surface area contributed by atoms with E-state index < -0.39 is 5.97 Å². The molecule has 0 spiro atoms. The summed E-state index contributed by atoms with van der Waals surface area (Å²) in [7, 11) is 0. The number of nitrogens with two attached hydrogens (primary N) is 1. The minimum atomic E-state index is -0.458. The molecule has 18 heavy (non-hydrogen) atoms. The van der Waals surface area contributed by atoms with Crippen molar-refractivity contribution in [3.8, 4) is 5.82 Å². The maximum absolute atomic E-state index is 11.7. The molecule has 0 aliphatic rings. The Morgan fingerprint density at radius 1 is 1.61 bits per heavy atom. The molecule has 0 unspecified atom stereocenters. The molecule has 0 atom stereocenters. The molecule has 0 aliphatic heterocycles. The summed E-state index contributed by atoms with van der Waals surface area (Å²) in [5.74, 6) is -0.0380. The lowest BCUT2D eigenvalue weighted by atomic mass is 10.2. The fourth-order valence-electron chi connectivity index (χ4n) is 1.45. The molecule has 0 bridgehead atoms. The highest BCUT2D eigenvalue weighted by Crippen LogP contribution is 2.20. The number of halogens is 1. The summed E-state index contributed by atoms with van der Waals surface area (Å²) in [5.41, 5.74) is 6.49. The molecule has 0 saturated carbocycles. The third-order valence-corrected chi connectivity index (χ3v) is 2.79. The Morgan fingerprint density at radius 3 is 3.00 bits per heavy atom. The lowest BCUT2D eigenvalue weighted by Crippen LogP contribution is -2.12. The van der Waals surface area contributed by atoms with Gasteiger partial charge in [-0.05, 0) is 35.6 Å². The predicted octanol–water partition coefficient (Wildman–Crippen LogP) is 1.63. The topological polar surface area (TPSA) is 83.0 Å². The van der Waals surface area contributed by atoms with Gasteiger partial charge in [0.1, 0.15) is 0 Å². The van der Waals surface area contributed by atoms with Crippen LogP contribution in [0.3, 0.4) is 0 Å². The zero-order valence-electron chi connectivity index (χ0n) is 9.63. The number of hydrogen-bond donors (Lipinski definition) is 1. The van der Waals surface area contributed by atoms with E-state index in [9.17, 15) is 4.79 Å². The van der Waals surface area contributed by atoms with E-state index in [-0.39, 0.29) is 5.69 Å². The summed E-state index contributed by atoms with van der Waals surface area (Å²) in [6.45, 7) is 2.04. The van der Waals surface area contributed by atoms with Crippen molar-refractivity contribution in [1.29, 1.82) is 0 Å². The molecular formula is C11H11IN4O2. The first-order valence-electron chi connectivity index (χ1n) is 5.25. The van der Waals surface area contributed by atoms with E-state index in [2.05, 4.69) is 32.7 Å². The number of ether oxygens (including phenoxy) is 1. The summed E-state index contributed by atoms with van der Waals surface area (Å²) >= 11 is 2.13. The zero-order chi connectivity index (χ0) is 13.1. The Hall–Kier alpha value is -1.64. The summed E-state index contributed by atoms with van der Waals surface area (Å²) in [6.07, 6.45) is 4.96. The Kier molecular flexibility index (Phi) is 3.80. The Balaban J connectivity index is 2.45. The number of esters is 1. The van der Waals surface area contributed by atoms with Gasteiger partial charge in [-0.25, -0.2) is 14.5 Å². The molecule has 2 heterocycles. The monoisotopic (exact) mass is 358 g/mol. The largest absolute Gasteiger partial charge is 0.462 e. The number of nitrogen functional groups attached to an aromatic ring is 1. The van der Waals surface area contributed by atoms with E-state index >= 15 is 0 Å². The lowest BCUT2D eigenvalue weighted by Gasteiger charge is -2.08. The van der Waals surface area contributed by atoms with Gasteiger partial charge < -0.3 is 10.5 Å². The van der Waals surface area contributed by atoms with Gasteiger partial charge in [-0.15, -0.1) is 0 Å². The number of pyridine rings is 1. The molecule has 2 N–H and O–H groups in total. The quantitative estimate of drug-likeness (QED) is 0.666. The van der Waals surface area contributed by atoms with Crippen LogP contribution in [0.5, 0.6) is 0 Å². The van der Waals surface area contributed by atoms with Gasteiger partial charge in [0, 0.05) is 12.4 Å². The maximum atomic E-state index is 11.7. The summed E-state index contributed by atoms with van der Waals surface area (Å²) < 4.78 is 7.41. The number of carbonyl (C=O) groups excluding carboxylic acids is 1. The number of carbonyl (C=O) groups is 1. The van der Waals surface area contributed by atoms with Crippen molar-refractivity contribution in [1.82, 2.24) is 14.8 Å². The lowest BCUT2D eigenvalue weighted by molar-refractivity contribution is 0.0527. The molecule has 0 radical (unpaired) electrons. The van der Waals surface area contributed by atoms with Crippen LogP contribution in [0.25, 0.3) is 5.82 Å². The highest BCUT2D eigenvalue weighted by molar-refractivity contribution is 14.1. The first-order valence-corrected chi connectivity index (χ1v) is 6.33. The zero-order valence-corrected chi connectivity index (χ0v) is 11.8. The summed E-state index contributed by atoms with van der Waals surface area (Å²) in [4.78, 5) is 15.8. The van der Waals surface area contributed by atoms with Gasteiger partial charge in [-0.3, -0.25) is 0 Å². The molecule has 2 aromatic heterocycles. The molecule has 2 rings (SSSR count). The van der Waals surface area contributed by atoms with Crippen LogP contribution in [0.1, 0.15) is 17.3 Å². The predicted molar refractivity (Wildman–Crippen MR) is 74.4 cm³/mol. The first-order chi connectivity index (χ1) is 8.63. The molecular weight excluding hydrogens is 347 g/mol. The van der Waals surface area contributed by atoms with Gasteiger partial charge in [-0.2, -0.15) is 5.10 Å². The van der Waals surface area contributed by atoms with Crippen LogP contribution in [0, 0.1) is 3.57 Å². The van der Waals surface area contributed by atoms with Gasteiger partial charge in [0.15, 0.2) is 5.82 Å². The van der Waals surface area contributed by atoms with E-state index in [1.165, 1.54) is 16.9 Å². The van der Waals surface area contributed by atoms with Crippen molar-refractivity contribution in [3.05, 3.63) is 33.8 Å². The standard InChI is InChI=1S/C11H11IN4O2/c1-2-18-11(17)8-3-4-14-10(9(8)13)16-6-7(12)5-15-16/h3-6H,2,13H2,1H3. The van der Waals surface area contributed by atoms with Gasteiger partial charge in [-0.1, -0.05) is 0 Å². The number of hydrogen-bond acceptors (Lipinski definition) is 5. The summed E-state index contributed by atoms with van der Waals surface area (Å²) in [5, 5.41) is 4.11. The van der Waals surface area contributed by atoms with Crippen LogP contribution in [0.15, 0.2) is 24.7 Å². The number of aromatic nitrogens is 3. The number of rotatable bonds is 3. The van der Waals surface area contributed by atoms with Gasteiger partial charge >= 0.3 is 5.97 Å². The fourth-order valence-corrected chi connectivity index (χ4v) is 1.84. The minimum absolute atomic E-state index is 0.260. The first kappa shape index (κ1) is 12.8. The van der Waals surface area contributed by atoms with Crippen molar-refractivity contribution >= 4 is 34.2 Å². The Bertz CT molecular complexity index is 582. The van der Waals surface area contributed by atoms with Crippen molar-refractivity contribution in [3.63, 3.8) is 0 Å². The van der Waals surface area contributed by atoms with Crippen LogP contribution in [-0.2, 0) is 4.74 Å². The van der Waals surface area contributed by atoms with Crippen LogP contribution in [-0.4, -0.2) is 27.3 Å². The molecule has 0 aliphatic carbocycles. The molecule has 6 nitrogen and oxygen atoms in total. The average Bonchev–Trinajstić information content (AvgIpc) is 2.76. The second-order valence-electron chi connectivity index (χ2n) is 3.42. The van der Waals surface area contributed by atoms with Crippen molar-refractivity contribution in [2.45, 2.75) is 6.92 Å². The third kappa shape index (κ3) is 2.45. The molecule has 0 saturated heterocycles. The normalized spacial score (nSPS) is 10.3. The van der Waals surface area contributed by atoms with E-state index in [0.29, 0.717) is 18.0 Å². The number of nitrogens with zero attached hydrogens (tertiary/aromatic N) is 3. The third-order valence-electron chi connectivity index (χ3n) is 2.23. The SMILES string of the molecule is CCOC(=O)c1ccnc(-n2cc(I)cn2)c1N. The van der Waals surface area contributed by atoms with Gasteiger partial charge in [0.25, 0.3) is 0 Å². The molecule has 2 aromatic rings. The van der Waals surface area contributed by atoms with Crippen LogP contribution in [0.4, 0.5) is 5.69 Å². The number of anilines is 1. The van der Waals surface area contributed by atoms with Crippen molar-refractivity contribution in [2.24, 2.45) is 0 Å². The molecule has 94 valence electrons. The van der Waals surface area contributed by atoms with E-state index in [4.69, 9.17) is 10.5 Å². The average molecular weight is 358 g/mol. The molecule has 7 heteroatoms. The van der Waals surface area contributed by atoms with Crippen molar-refractivity contribution < 1.29 is 9.53 Å². The molecule has 0 aromatic carbocycles. The van der Waals surface area contributed by atoms with Crippen LogP contribution in [0.2, 0.25) is 0 Å². The van der Waals surface area contributed by atoms with Crippen LogP contribution < -0.4 is 5.73 Å². The summed E-state index contributed by atoms with van der Waals surface area (Å²) in [6, 6.07) is 1.53. The van der Waals surface area contributed by atoms with Crippen LogP contribution >= 0.6 is 22.6 Å². The maximum Gasteiger partial charge on any atom is 0.340 e. The Morgan fingerprint density at radius 2 is 2.39 bits per heavy atom. The van der Waals surface area contributed by atoms with Crippen molar-refractivity contribution in [2.75, 3.05) is 12.3 Å². The van der Waals surface area contributed by atoms with E-state index in [0.717, 1.165) is 3.57 Å². The molecule has 0 amide bonds. The second-order valence-corrected chi connectivity index (χ2v) is 4.67. The molecule has 0 fully saturated rings. The highest BCUT2D eigenvalue weighted by atomic mass is 127. The van der Waals surface area contributed by atoms with Gasteiger partial charge in [0.2, 0.25) is 0 Å². The fraction of sp³-hybridized carbons (Fsp3) is 0.182. The Labute approximate surface area is 117 Å². The second kappa shape index (κ2) is 5.34. The highest BCUT2D eigenvalue weighted by Gasteiger charge is 2.15. The van der Waals surface area contributed by atoms with Gasteiger partial charge in [0.05, 0.1) is 27.6 Å².